The van der Waals surface area contributed by atoms with Crippen molar-refractivity contribution in [2.75, 3.05) is 0 Å². The van der Waals surface area contributed by atoms with Crippen molar-refractivity contribution in [1.29, 1.82) is 0 Å². The zero-order valence-electron chi connectivity index (χ0n) is 9.04. The molecule has 0 aliphatic heterocycles. The summed E-state index contributed by atoms with van der Waals surface area (Å²) in [5.41, 5.74) is 1.34. The van der Waals surface area contributed by atoms with Crippen LogP contribution in [-0.2, 0) is 11.2 Å². The number of carbonyl (C=O) groups is 1. The Kier molecular flexibility index (Phi) is 2.87. The number of carbonyl (C=O) groups excluding carboxylic acids is 1. The van der Waals surface area contributed by atoms with E-state index in [1.165, 1.54) is 20.5 Å². The average molecular weight is 218 g/mol. The smallest absolute Gasteiger partial charge is 0.130 e. The predicted molar refractivity (Wildman–Crippen MR) is 65.6 cm³/mol. The molecule has 0 atom stereocenters. The summed E-state index contributed by atoms with van der Waals surface area (Å²) in [5.74, 6) is 0.270. The molecule has 78 valence electrons. The zero-order chi connectivity index (χ0) is 10.8. The number of hydrogen-bond acceptors (Lipinski definition) is 2. The molecule has 0 unspecified atom stereocenters. The standard InChI is InChI=1S/C13H14OS/c1-9(14)7-8-12-10(2)11-5-3-4-6-13(11)15-12/h3-6H,7-8H2,1-2H3. The van der Waals surface area contributed by atoms with Gasteiger partial charge in [0.25, 0.3) is 0 Å². The van der Waals surface area contributed by atoms with Crippen molar-refractivity contribution in [3.63, 3.8) is 0 Å². The molecular formula is C13H14OS. The molecule has 0 spiro atoms. The Balaban J connectivity index is 2.36. The summed E-state index contributed by atoms with van der Waals surface area (Å²) in [6.07, 6.45) is 1.55. The topological polar surface area (TPSA) is 17.1 Å². The summed E-state index contributed by atoms with van der Waals surface area (Å²) in [6, 6.07) is 8.42. The molecular weight excluding hydrogens is 204 g/mol. The Labute approximate surface area is 93.7 Å². The summed E-state index contributed by atoms with van der Waals surface area (Å²) in [5, 5.41) is 1.33. The van der Waals surface area contributed by atoms with Gasteiger partial charge >= 0.3 is 0 Å². The van der Waals surface area contributed by atoms with Gasteiger partial charge in [0, 0.05) is 16.0 Å². The molecule has 0 radical (unpaired) electrons. The van der Waals surface area contributed by atoms with E-state index in [4.69, 9.17) is 0 Å². The zero-order valence-corrected chi connectivity index (χ0v) is 9.86. The average Bonchev–Trinajstić information content (AvgIpc) is 2.54. The van der Waals surface area contributed by atoms with Crippen molar-refractivity contribution in [2.24, 2.45) is 0 Å². The summed E-state index contributed by atoms with van der Waals surface area (Å²) in [7, 11) is 0. The first-order valence-corrected chi connectivity index (χ1v) is 5.96. The van der Waals surface area contributed by atoms with Crippen LogP contribution in [0.4, 0.5) is 0 Å². The molecule has 0 N–H and O–H groups in total. The van der Waals surface area contributed by atoms with Crippen LogP contribution in [0.15, 0.2) is 24.3 Å². The van der Waals surface area contributed by atoms with Crippen LogP contribution in [0.1, 0.15) is 23.8 Å². The van der Waals surface area contributed by atoms with E-state index < -0.39 is 0 Å². The maximum absolute atomic E-state index is 10.9. The minimum absolute atomic E-state index is 0.270. The van der Waals surface area contributed by atoms with Gasteiger partial charge in [0.05, 0.1) is 0 Å². The van der Waals surface area contributed by atoms with E-state index in [0.717, 1.165) is 6.42 Å². The normalized spacial score (nSPS) is 10.8. The molecule has 0 aliphatic rings. The van der Waals surface area contributed by atoms with Crippen molar-refractivity contribution in [2.45, 2.75) is 26.7 Å². The van der Waals surface area contributed by atoms with Crippen molar-refractivity contribution >= 4 is 27.2 Å². The van der Waals surface area contributed by atoms with Crippen molar-refractivity contribution in [3.8, 4) is 0 Å². The first-order valence-electron chi connectivity index (χ1n) is 5.15. The highest BCUT2D eigenvalue weighted by Gasteiger charge is 2.07. The number of aryl methyl sites for hydroxylation is 2. The quantitative estimate of drug-likeness (QED) is 0.767. The molecule has 1 aromatic carbocycles. The maximum atomic E-state index is 10.9. The minimum atomic E-state index is 0.270. The number of thiophene rings is 1. The molecule has 15 heavy (non-hydrogen) atoms. The van der Waals surface area contributed by atoms with Crippen LogP contribution in [0.5, 0.6) is 0 Å². The molecule has 2 rings (SSSR count). The van der Waals surface area contributed by atoms with E-state index in [1.54, 1.807) is 6.92 Å². The Hall–Kier alpha value is -1.15. The molecule has 0 saturated carbocycles. The fourth-order valence-electron chi connectivity index (χ4n) is 1.75. The van der Waals surface area contributed by atoms with Gasteiger partial charge in [-0.05, 0) is 37.3 Å². The van der Waals surface area contributed by atoms with Gasteiger partial charge in [-0.15, -0.1) is 11.3 Å². The van der Waals surface area contributed by atoms with Gasteiger partial charge in [-0.2, -0.15) is 0 Å². The van der Waals surface area contributed by atoms with Crippen molar-refractivity contribution in [1.82, 2.24) is 0 Å². The van der Waals surface area contributed by atoms with Gasteiger partial charge in [0.1, 0.15) is 5.78 Å². The second kappa shape index (κ2) is 4.15. The van der Waals surface area contributed by atoms with E-state index in [9.17, 15) is 4.79 Å². The van der Waals surface area contributed by atoms with Crippen LogP contribution in [0, 0.1) is 6.92 Å². The van der Waals surface area contributed by atoms with Crippen LogP contribution in [0.3, 0.4) is 0 Å². The van der Waals surface area contributed by atoms with Gasteiger partial charge in [-0.3, -0.25) is 0 Å². The first-order chi connectivity index (χ1) is 7.18. The number of rotatable bonds is 3. The van der Waals surface area contributed by atoms with Crippen LogP contribution < -0.4 is 0 Å². The van der Waals surface area contributed by atoms with E-state index in [-0.39, 0.29) is 5.78 Å². The maximum Gasteiger partial charge on any atom is 0.130 e. The fraction of sp³-hybridized carbons (Fsp3) is 0.308. The summed E-state index contributed by atoms with van der Waals surface area (Å²) in [6.45, 7) is 3.80. The molecule has 1 heterocycles. The van der Waals surface area contributed by atoms with E-state index in [1.807, 2.05) is 11.3 Å². The molecule has 0 amide bonds. The van der Waals surface area contributed by atoms with Crippen molar-refractivity contribution in [3.05, 3.63) is 34.7 Å². The largest absolute Gasteiger partial charge is 0.300 e. The molecule has 1 aromatic heterocycles. The van der Waals surface area contributed by atoms with Crippen LogP contribution >= 0.6 is 11.3 Å². The van der Waals surface area contributed by atoms with E-state index in [0.29, 0.717) is 6.42 Å². The van der Waals surface area contributed by atoms with Gasteiger partial charge < -0.3 is 4.79 Å². The Morgan fingerprint density at radius 3 is 2.73 bits per heavy atom. The number of fused-ring (bicyclic) bond motifs is 1. The van der Waals surface area contributed by atoms with Crippen LogP contribution in [-0.4, -0.2) is 5.78 Å². The summed E-state index contributed by atoms with van der Waals surface area (Å²) < 4.78 is 1.33. The SMILES string of the molecule is CC(=O)CCc1sc2ccccc2c1C. The Morgan fingerprint density at radius 1 is 1.33 bits per heavy atom. The summed E-state index contributed by atoms with van der Waals surface area (Å²) in [4.78, 5) is 12.3. The molecule has 0 saturated heterocycles. The van der Waals surface area contributed by atoms with Crippen LogP contribution in [0.2, 0.25) is 0 Å². The van der Waals surface area contributed by atoms with Gasteiger partial charge in [-0.25, -0.2) is 0 Å². The van der Waals surface area contributed by atoms with E-state index >= 15 is 0 Å². The number of Topliss-reactive ketones (excluding diaryl/α,β-unsaturated/α-hetero) is 1. The molecule has 0 bridgehead atoms. The Morgan fingerprint density at radius 2 is 2.07 bits per heavy atom. The lowest BCUT2D eigenvalue weighted by Gasteiger charge is -1.96. The van der Waals surface area contributed by atoms with Gasteiger partial charge in [-0.1, -0.05) is 18.2 Å². The Bertz CT molecular complexity index is 496. The second-order valence-corrected chi connectivity index (χ2v) is 4.99. The lowest BCUT2D eigenvalue weighted by molar-refractivity contribution is -0.116. The molecule has 0 fully saturated rings. The second-order valence-electron chi connectivity index (χ2n) is 3.85. The van der Waals surface area contributed by atoms with Gasteiger partial charge in [0.2, 0.25) is 0 Å². The highest BCUT2D eigenvalue weighted by atomic mass is 32.1. The van der Waals surface area contributed by atoms with Crippen LogP contribution in [0.25, 0.3) is 10.1 Å². The lowest BCUT2D eigenvalue weighted by atomic mass is 10.1. The summed E-state index contributed by atoms with van der Waals surface area (Å²) >= 11 is 1.81. The third-order valence-electron chi connectivity index (χ3n) is 2.65. The number of hydrogen-bond donors (Lipinski definition) is 0. The highest BCUT2D eigenvalue weighted by molar-refractivity contribution is 7.19. The predicted octanol–water partition coefficient (Wildman–Crippen LogP) is 3.73. The fourth-order valence-corrected chi connectivity index (χ4v) is 2.96. The molecule has 0 aliphatic carbocycles. The van der Waals surface area contributed by atoms with Crippen molar-refractivity contribution < 1.29 is 4.79 Å². The third kappa shape index (κ3) is 2.10. The first kappa shape index (κ1) is 10.4. The van der Waals surface area contributed by atoms with E-state index in [2.05, 4.69) is 31.2 Å². The lowest BCUT2D eigenvalue weighted by Crippen LogP contribution is -1.92. The van der Waals surface area contributed by atoms with Gasteiger partial charge in [0.15, 0.2) is 0 Å². The monoisotopic (exact) mass is 218 g/mol. The number of benzene rings is 1. The molecule has 2 aromatic rings. The highest BCUT2D eigenvalue weighted by Crippen LogP contribution is 2.31. The molecule has 1 nitrogen and oxygen atoms in total. The molecule has 2 heteroatoms. The number of ketones is 1. The third-order valence-corrected chi connectivity index (χ3v) is 3.98. The minimum Gasteiger partial charge on any atom is -0.300 e.